The van der Waals surface area contributed by atoms with Crippen LogP contribution in [0.3, 0.4) is 0 Å². The number of carbonyl (C=O) groups excluding carboxylic acids is 21. The first-order valence-corrected chi connectivity index (χ1v) is 24.8. The number of rotatable bonds is 46. The summed E-state index contributed by atoms with van der Waals surface area (Å²) in [4.78, 5) is 248. The Balaban J connectivity index is 4.07. The molecule has 0 atom stereocenters. The van der Waals surface area contributed by atoms with Crippen molar-refractivity contribution in [2.45, 2.75) is 26.2 Å². The van der Waals surface area contributed by atoms with E-state index in [1.807, 2.05) is 90.4 Å². The second kappa shape index (κ2) is 48.9. The minimum atomic E-state index is -1.10. The fourth-order valence-electron chi connectivity index (χ4n) is 4.41. The van der Waals surface area contributed by atoms with Crippen LogP contribution in [-0.2, 0) is 101 Å². The second-order valence-electron chi connectivity index (χ2n) is 15.6. The van der Waals surface area contributed by atoms with Crippen molar-refractivity contribution in [3.63, 3.8) is 0 Å². The molecule has 0 aliphatic carbocycles. The topological polar surface area (TPSA) is 637 Å². The fraction of sp³-hybridized carbons (Fsp3) is 0.146. The van der Waals surface area contributed by atoms with E-state index < -0.39 is 137 Å². The standard InChI is InChI=1S/C48H58N22O21/c1-2-50-29(72)8-52-31(74)10-54-33(76)12-56-35(78)14-58-37(80)16-60-39(82)18-62-41(84)20-64-43(86)22-66-45(88)24-68-47(90)26-70-48(91)27-69-46(89)25-67-44(87)23-65-42(85)21-63-40(83)19-61-38(81)17-59-36(79)15-57-34(77)13-55-32(75)11-53-30(73)9-51-28(71)6-4-3-5-7-49/h2,6,8-11,13-25,27H,3-5,7,12,26,49H2,1H3,(H,50,72)(H,51,71)(H,52,74)(H,53,73)(H,54,76)(H,55,75)(H,56,78)(H,57,77)(H,58,80)(H,59,79)(H,60,82)(H,61,81)(H,62,84)(H,63,83)(H,64,86)(H,65,85)(H,66,88)(H,67,87)(H,68,90)(H,69,89)(H,70,91). The van der Waals surface area contributed by atoms with E-state index in [4.69, 9.17) is 5.73 Å². The van der Waals surface area contributed by atoms with Crippen molar-refractivity contribution in [1.82, 2.24) is 112 Å². The summed E-state index contributed by atoms with van der Waals surface area (Å²) in [6, 6.07) is 0. The van der Waals surface area contributed by atoms with Gasteiger partial charge in [0.15, 0.2) is 0 Å². The number of unbranched alkanes of at least 4 members (excludes halogenated alkanes) is 2. The Kier molecular flexibility index (Phi) is 42.9. The van der Waals surface area contributed by atoms with Crippen molar-refractivity contribution in [2.75, 3.05) is 19.6 Å². The first-order valence-electron chi connectivity index (χ1n) is 24.8. The average molecular weight is 1280 g/mol. The van der Waals surface area contributed by atoms with Crippen molar-refractivity contribution < 1.29 is 101 Å². The van der Waals surface area contributed by atoms with Gasteiger partial charge in [0, 0.05) is 13.0 Å². The molecular weight excluding hydrogens is 1220 g/mol. The van der Waals surface area contributed by atoms with Crippen molar-refractivity contribution in [3.05, 3.63) is 131 Å². The average Bonchev–Trinajstić information content (AvgIpc) is 3.61. The molecule has 43 heteroatoms. The third-order valence-electron chi connectivity index (χ3n) is 8.38. The van der Waals surface area contributed by atoms with Crippen LogP contribution in [-0.4, -0.2) is 144 Å². The Labute approximate surface area is 517 Å². The lowest BCUT2D eigenvalue weighted by molar-refractivity contribution is -0.126. The molecule has 0 rings (SSSR count). The summed E-state index contributed by atoms with van der Waals surface area (Å²) < 4.78 is 0. The van der Waals surface area contributed by atoms with Crippen LogP contribution >= 0.6 is 0 Å². The van der Waals surface area contributed by atoms with Crippen molar-refractivity contribution >= 4 is 124 Å². The van der Waals surface area contributed by atoms with Gasteiger partial charge in [-0.05, 0) is 26.3 Å². The van der Waals surface area contributed by atoms with Crippen LogP contribution in [0.1, 0.15) is 26.2 Å². The number of nitrogens with one attached hydrogen (secondary N) is 21. The first kappa shape index (κ1) is 79.8. The van der Waals surface area contributed by atoms with Gasteiger partial charge in [-0.25, -0.2) is 0 Å². The van der Waals surface area contributed by atoms with Crippen LogP contribution < -0.4 is 117 Å². The predicted molar refractivity (Wildman–Crippen MR) is 295 cm³/mol. The van der Waals surface area contributed by atoms with Crippen molar-refractivity contribution in [3.8, 4) is 0 Å². The van der Waals surface area contributed by atoms with Gasteiger partial charge in [-0.3, -0.25) is 101 Å². The minimum Gasteiger partial charge on any atom is -0.350 e. The molecule has 91 heavy (non-hydrogen) atoms. The zero-order valence-electron chi connectivity index (χ0n) is 46.9. The maximum absolute atomic E-state index is 12.0. The molecule has 0 aromatic rings. The van der Waals surface area contributed by atoms with Crippen LogP contribution in [0.2, 0.25) is 0 Å². The molecule has 21 amide bonds. The Bertz CT molecular complexity index is 2620. The highest BCUT2D eigenvalue weighted by Crippen LogP contribution is 1.97. The molecule has 0 fully saturated rings. The maximum Gasteiger partial charge on any atom is 0.246 e. The van der Waals surface area contributed by atoms with Gasteiger partial charge >= 0.3 is 0 Å². The van der Waals surface area contributed by atoms with E-state index in [9.17, 15) is 101 Å². The highest BCUT2D eigenvalue weighted by Gasteiger charge is 2.19. The SMILES string of the molecule is C[CH]NC(=O)[CH]NC(=O)[CH]NC(=O)CNC(=O)[CH]NC(=O)[CH]NC(=O)[CH]NC(=O)[CH]NC(=O)[CH]NC(=O)[CH]NC(=O)CNC(=O)[CH]NC(=O)[CH]NC(=O)[CH]NC(=O)[CH]NC(=O)[CH]NC(=O)[CH]NC(=O)[CH]NC(=O)[CH]NC(=O)[CH]NC(=O)[CH]NC(=O)[CH]CCCCN. The van der Waals surface area contributed by atoms with E-state index in [1.165, 1.54) is 19.9 Å². The van der Waals surface area contributed by atoms with Gasteiger partial charge in [-0.1, -0.05) is 6.42 Å². The second-order valence-corrected chi connectivity index (χ2v) is 15.6. The normalized spacial score (nSPS) is 9.96. The first-order chi connectivity index (χ1) is 43.2. The van der Waals surface area contributed by atoms with Gasteiger partial charge < -0.3 is 117 Å². The molecule has 0 aromatic heterocycles. The van der Waals surface area contributed by atoms with E-state index in [2.05, 4.69) is 21.3 Å². The van der Waals surface area contributed by atoms with Gasteiger partial charge in [0.05, 0.1) is 13.1 Å². The van der Waals surface area contributed by atoms with Crippen LogP contribution in [0.4, 0.5) is 0 Å². The van der Waals surface area contributed by atoms with Crippen LogP contribution in [0.25, 0.3) is 0 Å². The van der Waals surface area contributed by atoms with Crippen molar-refractivity contribution in [1.29, 1.82) is 0 Å². The lowest BCUT2D eigenvalue weighted by atomic mass is 10.2. The molecule has 0 aromatic carbocycles. The zero-order valence-corrected chi connectivity index (χ0v) is 46.9. The molecule has 43 nitrogen and oxygen atoms in total. The molecule has 0 unspecified atom stereocenters. The largest absolute Gasteiger partial charge is 0.350 e. The van der Waals surface area contributed by atoms with Crippen molar-refractivity contribution in [2.24, 2.45) is 5.73 Å². The third-order valence-corrected chi connectivity index (χ3v) is 8.38. The molecule has 0 aliphatic heterocycles. The third kappa shape index (κ3) is 48.6. The summed E-state index contributed by atoms with van der Waals surface area (Å²) in [7, 11) is 0. The monoisotopic (exact) mass is 1280 g/mol. The number of carbonyl (C=O) groups is 21. The van der Waals surface area contributed by atoms with Gasteiger partial charge in [0.25, 0.3) is 0 Å². The van der Waals surface area contributed by atoms with E-state index in [0.717, 1.165) is 13.1 Å². The summed E-state index contributed by atoms with van der Waals surface area (Å²) in [5.74, 6) is -20.7. The number of hydrogen-bond donors (Lipinski definition) is 22. The van der Waals surface area contributed by atoms with E-state index in [-0.39, 0.29) is 0 Å². The molecule has 0 saturated carbocycles. The molecule has 0 heterocycles. The minimum absolute atomic E-state index is 0.445. The highest BCUT2D eigenvalue weighted by atomic mass is 16.2. The molecular formula is C48H58N22O21. The smallest absolute Gasteiger partial charge is 0.246 e. The zero-order chi connectivity index (χ0) is 68.4. The highest BCUT2D eigenvalue weighted by molar-refractivity contribution is 6.04. The van der Waals surface area contributed by atoms with Crippen LogP contribution in [0.15, 0.2) is 0 Å². The van der Waals surface area contributed by atoms with Gasteiger partial charge in [0.1, 0.15) is 118 Å². The molecule has 0 bridgehead atoms. The Hall–Kier alpha value is -11.2. The summed E-state index contributed by atoms with van der Waals surface area (Å²) in [6.07, 6.45) is 3.15. The summed E-state index contributed by atoms with van der Waals surface area (Å²) in [5.41, 5.74) is 5.35. The van der Waals surface area contributed by atoms with Crippen LogP contribution in [0.5, 0.6) is 0 Å². The molecule has 0 aliphatic rings. The Morgan fingerprint density at radius 1 is 0.231 bits per heavy atom. The molecule has 486 valence electrons. The quantitative estimate of drug-likeness (QED) is 0.0252. The van der Waals surface area contributed by atoms with Gasteiger partial charge in [0.2, 0.25) is 124 Å². The summed E-state index contributed by atoms with van der Waals surface area (Å²) in [5, 5.41) is 41.5. The van der Waals surface area contributed by atoms with Gasteiger partial charge in [-0.2, -0.15) is 0 Å². The van der Waals surface area contributed by atoms with E-state index >= 15 is 0 Å². The Morgan fingerprint density at radius 3 is 0.604 bits per heavy atom. The lowest BCUT2D eigenvalue weighted by Gasteiger charge is -2.09. The van der Waals surface area contributed by atoms with E-state index in [1.54, 1.807) is 0 Å². The van der Waals surface area contributed by atoms with Crippen LogP contribution in [0, 0.1) is 131 Å². The maximum atomic E-state index is 12.0. The predicted octanol–water partition coefficient (Wildman–Crippen LogP) is -14.1. The molecule has 0 saturated heterocycles. The molecule has 20 radical (unpaired) electrons. The fourth-order valence-corrected chi connectivity index (χ4v) is 4.41. The number of nitrogens with two attached hydrogens (primary N) is 1. The van der Waals surface area contributed by atoms with Gasteiger partial charge in [-0.15, -0.1) is 0 Å². The molecule has 0 spiro atoms. The van der Waals surface area contributed by atoms with E-state index in [0.29, 0.717) is 131 Å². The number of hydrogen-bond acceptors (Lipinski definition) is 22. The lowest BCUT2D eigenvalue weighted by Crippen LogP contribution is -2.42. The summed E-state index contributed by atoms with van der Waals surface area (Å²) in [6.45, 7) is 12.2. The Morgan fingerprint density at radius 2 is 0.407 bits per heavy atom. The number of amides is 21. The molecule has 23 N–H and O–H groups in total. The summed E-state index contributed by atoms with van der Waals surface area (Å²) >= 11 is 0.